The van der Waals surface area contributed by atoms with E-state index in [-0.39, 0.29) is 18.2 Å². The second-order valence-corrected chi connectivity index (χ2v) is 5.14. The first-order chi connectivity index (χ1) is 9.42. The molecule has 1 unspecified atom stereocenters. The van der Waals surface area contributed by atoms with Crippen molar-refractivity contribution in [3.8, 4) is 0 Å². The Morgan fingerprint density at radius 2 is 2.05 bits per heavy atom. The van der Waals surface area contributed by atoms with Crippen LogP contribution >= 0.6 is 0 Å². The first-order valence-electron chi connectivity index (χ1n) is 7.01. The van der Waals surface area contributed by atoms with E-state index in [0.29, 0.717) is 6.61 Å². The van der Waals surface area contributed by atoms with Crippen LogP contribution in [0.2, 0.25) is 0 Å². The number of nitrogens with one attached hydrogen (secondary N) is 2. The first kappa shape index (κ1) is 16.7. The molecule has 7 heteroatoms. The highest BCUT2D eigenvalue weighted by molar-refractivity contribution is 5.76. The van der Waals surface area contributed by atoms with Gasteiger partial charge in [-0.1, -0.05) is 13.8 Å². The summed E-state index contributed by atoms with van der Waals surface area (Å²) in [6, 6.07) is -0.455. The summed E-state index contributed by atoms with van der Waals surface area (Å²) in [6.45, 7) is 4.42. The van der Waals surface area contributed by atoms with Gasteiger partial charge < -0.3 is 25.6 Å². The summed E-state index contributed by atoms with van der Waals surface area (Å²) in [4.78, 5) is 22.1. The van der Waals surface area contributed by atoms with Crippen molar-refractivity contribution >= 4 is 12.0 Å². The predicted molar refractivity (Wildman–Crippen MR) is 72.5 cm³/mol. The molecule has 0 saturated carbocycles. The molecule has 116 valence electrons. The Morgan fingerprint density at radius 3 is 2.60 bits per heavy atom. The number of carboxylic acid groups (broad SMARTS) is 1. The second kappa shape index (κ2) is 7.44. The molecule has 0 radical (unpaired) electrons. The average Bonchev–Trinajstić information content (AvgIpc) is 2.44. The maximum absolute atomic E-state index is 11.7. The highest BCUT2D eigenvalue weighted by atomic mass is 16.5. The van der Waals surface area contributed by atoms with E-state index in [1.165, 1.54) is 0 Å². The first-order valence-corrected chi connectivity index (χ1v) is 7.01. The molecule has 0 aromatic rings. The summed E-state index contributed by atoms with van der Waals surface area (Å²) >= 11 is 0. The van der Waals surface area contributed by atoms with Crippen molar-refractivity contribution in [3.05, 3.63) is 0 Å². The Kier molecular flexibility index (Phi) is 6.22. The topological polar surface area (TPSA) is 108 Å². The van der Waals surface area contributed by atoms with Gasteiger partial charge in [-0.2, -0.15) is 0 Å². The van der Waals surface area contributed by atoms with Crippen molar-refractivity contribution in [1.29, 1.82) is 0 Å². The van der Waals surface area contributed by atoms with E-state index >= 15 is 0 Å². The zero-order valence-electron chi connectivity index (χ0n) is 12.0. The lowest BCUT2D eigenvalue weighted by molar-refractivity contribution is -0.146. The monoisotopic (exact) mass is 288 g/mol. The van der Waals surface area contributed by atoms with Gasteiger partial charge in [-0.25, -0.2) is 9.59 Å². The molecule has 7 nitrogen and oxygen atoms in total. The van der Waals surface area contributed by atoms with Crippen LogP contribution in [-0.2, 0) is 9.53 Å². The zero-order chi connectivity index (χ0) is 15.2. The van der Waals surface area contributed by atoms with E-state index in [4.69, 9.17) is 14.9 Å². The number of carbonyl (C=O) groups excluding carboxylic acids is 1. The van der Waals surface area contributed by atoms with Crippen LogP contribution in [0.5, 0.6) is 0 Å². The van der Waals surface area contributed by atoms with Gasteiger partial charge in [-0.15, -0.1) is 0 Å². The van der Waals surface area contributed by atoms with Crippen molar-refractivity contribution in [1.82, 2.24) is 10.6 Å². The SMILES string of the molecule is CCC1(CC)CC(NC(=O)NC[C@H](O)C(=O)O)CCO1. The van der Waals surface area contributed by atoms with E-state index < -0.39 is 18.1 Å². The van der Waals surface area contributed by atoms with Crippen LogP contribution < -0.4 is 10.6 Å². The van der Waals surface area contributed by atoms with Gasteiger partial charge in [0.25, 0.3) is 0 Å². The number of hydrogen-bond donors (Lipinski definition) is 4. The molecule has 1 aliphatic heterocycles. The molecule has 0 aromatic heterocycles. The number of aliphatic carboxylic acids is 1. The van der Waals surface area contributed by atoms with Crippen LogP contribution in [0.1, 0.15) is 39.5 Å². The minimum atomic E-state index is -1.58. The van der Waals surface area contributed by atoms with Gasteiger partial charge in [0, 0.05) is 12.6 Å². The molecule has 0 spiro atoms. The summed E-state index contributed by atoms with van der Waals surface area (Å²) < 4.78 is 5.82. The largest absolute Gasteiger partial charge is 0.479 e. The molecular weight excluding hydrogens is 264 g/mol. The molecule has 2 atom stereocenters. The van der Waals surface area contributed by atoms with E-state index in [0.717, 1.165) is 25.7 Å². The van der Waals surface area contributed by atoms with Crippen LogP contribution in [-0.4, -0.2) is 53.1 Å². The smallest absolute Gasteiger partial charge is 0.334 e. The third-order valence-corrected chi connectivity index (χ3v) is 3.86. The average molecular weight is 288 g/mol. The number of hydrogen-bond acceptors (Lipinski definition) is 4. The van der Waals surface area contributed by atoms with Crippen molar-refractivity contribution in [2.45, 2.75) is 57.3 Å². The van der Waals surface area contributed by atoms with Crippen LogP contribution in [0.4, 0.5) is 4.79 Å². The summed E-state index contributed by atoms with van der Waals surface area (Å²) in [6.07, 6.45) is 1.67. The minimum Gasteiger partial charge on any atom is -0.479 e. The normalized spacial score (nSPS) is 22.9. The lowest BCUT2D eigenvalue weighted by Gasteiger charge is -2.40. The van der Waals surface area contributed by atoms with Crippen molar-refractivity contribution in [2.75, 3.05) is 13.2 Å². The minimum absolute atomic E-state index is 0.00520. The number of carboxylic acids is 1. The zero-order valence-corrected chi connectivity index (χ0v) is 12.0. The summed E-state index contributed by atoms with van der Waals surface area (Å²) in [5.41, 5.74) is -0.184. The third-order valence-electron chi connectivity index (χ3n) is 3.86. The number of urea groups is 1. The van der Waals surface area contributed by atoms with Gasteiger partial charge in [-0.05, 0) is 25.7 Å². The Morgan fingerprint density at radius 1 is 1.40 bits per heavy atom. The number of amides is 2. The van der Waals surface area contributed by atoms with Crippen molar-refractivity contribution in [3.63, 3.8) is 0 Å². The lowest BCUT2D eigenvalue weighted by Crippen LogP contribution is -2.51. The molecule has 0 aromatic carbocycles. The maximum atomic E-state index is 11.7. The number of aliphatic hydroxyl groups is 1. The highest BCUT2D eigenvalue weighted by Gasteiger charge is 2.35. The fraction of sp³-hybridized carbons (Fsp3) is 0.846. The maximum Gasteiger partial charge on any atom is 0.334 e. The Bertz CT molecular complexity index is 344. The van der Waals surface area contributed by atoms with Gasteiger partial charge in [0.15, 0.2) is 6.10 Å². The fourth-order valence-electron chi connectivity index (χ4n) is 2.41. The predicted octanol–water partition coefficient (Wildman–Crippen LogP) is 0.469. The van der Waals surface area contributed by atoms with Crippen molar-refractivity contribution < 1.29 is 24.5 Å². The van der Waals surface area contributed by atoms with Gasteiger partial charge in [0.2, 0.25) is 0 Å². The van der Waals surface area contributed by atoms with E-state index in [1.54, 1.807) is 0 Å². The standard InChI is InChI=1S/C13H24N2O5/c1-3-13(4-2)7-9(5-6-20-13)15-12(19)14-8-10(16)11(17)18/h9-10,16H,3-8H2,1-2H3,(H,17,18)(H2,14,15,19)/t9?,10-/m0/s1. The molecule has 4 N–H and O–H groups in total. The molecule has 1 saturated heterocycles. The Hall–Kier alpha value is -1.34. The molecule has 20 heavy (non-hydrogen) atoms. The summed E-state index contributed by atoms with van der Waals surface area (Å²) in [5.74, 6) is -1.35. The van der Waals surface area contributed by atoms with Crippen LogP contribution in [0.25, 0.3) is 0 Å². The number of rotatable bonds is 6. The molecule has 1 heterocycles. The Balaban J connectivity index is 2.40. The van der Waals surface area contributed by atoms with E-state index in [1.807, 2.05) is 0 Å². The molecule has 2 amide bonds. The highest BCUT2D eigenvalue weighted by Crippen LogP contribution is 2.31. The lowest BCUT2D eigenvalue weighted by atomic mass is 9.86. The molecular formula is C13H24N2O5. The molecule has 1 aliphatic rings. The molecule has 0 aliphatic carbocycles. The van der Waals surface area contributed by atoms with E-state index in [9.17, 15) is 9.59 Å². The van der Waals surface area contributed by atoms with Crippen LogP contribution in [0.3, 0.4) is 0 Å². The third kappa shape index (κ3) is 4.64. The number of aliphatic hydroxyl groups excluding tert-OH is 1. The molecule has 0 bridgehead atoms. The molecule has 1 rings (SSSR count). The van der Waals surface area contributed by atoms with Gasteiger partial charge in [0.1, 0.15) is 0 Å². The van der Waals surface area contributed by atoms with Gasteiger partial charge in [0.05, 0.1) is 12.1 Å². The van der Waals surface area contributed by atoms with Crippen LogP contribution in [0, 0.1) is 0 Å². The van der Waals surface area contributed by atoms with Crippen molar-refractivity contribution in [2.24, 2.45) is 0 Å². The van der Waals surface area contributed by atoms with Gasteiger partial charge in [-0.3, -0.25) is 0 Å². The Labute approximate surface area is 118 Å². The fourth-order valence-corrected chi connectivity index (χ4v) is 2.41. The van der Waals surface area contributed by atoms with Crippen LogP contribution in [0.15, 0.2) is 0 Å². The quantitative estimate of drug-likeness (QED) is 0.568. The number of ether oxygens (including phenoxy) is 1. The summed E-state index contributed by atoms with van der Waals surface area (Å²) in [7, 11) is 0. The van der Waals surface area contributed by atoms with Gasteiger partial charge >= 0.3 is 12.0 Å². The summed E-state index contributed by atoms with van der Waals surface area (Å²) in [5, 5.41) is 22.7. The van der Waals surface area contributed by atoms with E-state index in [2.05, 4.69) is 24.5 Å². The number of carbonyl (C=O) groups is 2. The molecule has 1 fully saturated rings. The second-order valence-electron chi connectivity index (χ2n) is 5.14.